The van der Waals surface area contributed by atoms with Gasteiger partial charge in [-0.1, -0.05) is 6.92 Å². The first-order valence-electron chi connectivity index (χ1n) is 4.74. The number of carbonyl (C=O) groups excluding carboxylic acids is 1. The van der Waals surface area contributed by atoms with Gasteiger partial charge in [0.2, 0.25) is 5.91 Å². The van der Waals surface area contributed by atoms with Crippen molar-refractivity contribution in [2.75, 3.05) is 18.6 Å². The molecule has 0 aromatic rings. The molecule has 0 aliphatic heterocycles. The van der Waals surface area contributed by atoms with Gasteiger partial charge in [0.15, 0.2) is 0 Å². The standard InChI is InChI=1S/C9H20N2OS/c1-3-8(9(10)12)11-6-4-5-7-13-2/h8,11H,3-7H2,1-2H3,(H2,10,12). The maximum Gasteiger partial charge on any atom is 0.234 e. The third kappa shape index (κ3) is 6.90. The van der Waals surface area contributed by atoms with Crippen LogP contribution in [0.15, 0.2) is 0 Å². The van der Waals surface area contributed by atoms with Crippen molar-refractivity contribution in [1.82, 2.24) is 5.32 Å². The molecule has 1 amide bonds. The Hall–Kier alpha value is -0.220. The van der Waals surface area contributed by atoms with E-state index in [1.807, 2.05) is 18.7 Å². The third-order valence-corrected chi connectivity index (χ3v) is 2.61. The Morgan fingerprint density at radius 2 is 2.23 bits per heavy atom. The minimum absolute atomic E-state index is 0.144. The molecule has 1 unspecified atom stereocenters. The van der Waals surface area contributed by atoms with Crippen molar-refractivity contribution in [2.45, 2.75) is 32.2 Å². The molecule has 0 saturated heterocycles. The Balaban J connectivity index is 3.33. The highest BCUT2D eigenvalue weighted by Gasteiger charge is 2.10. The van der Waals surface area contributed by atoms with Crippen LogP contribution in [0.3, 0.4) is 0 Å². The molecule has 0 aromatic heterocycles. The summed E-state index contributed by atoms with van der Waals surface area (Å²) < 4.78 is 0. The van der Waals surface area contributed by atoms with E-state index in [4.69, 9.17) is 5.73 Å². The highest BCUT2D eigenvalue weighted by atomic mass is 32.2. The number of hydrogen-bond donors (Lipinski definition) is 2. The fraction of sp³-hybridized carbons (Fsp3) is 0.889. The summed E-state index contributed by atoms with van der Waals surface area (Å²) in [5, 5.41) is 3.14. The first-order valence-corrected chi connectivity index (χ1v) is 6.13. The van der Waals surface area contributed by atoms with Gasteiger partial charge in [-0.05, 0) is 37.8 Å². The maximum absolute atomic E-state index is 10.8. The number of nitrogens with one attached hydrogen (secondary N) is 1. The molecule has 4 heteroatoms. The average Bonchev–Trinajstić information content (AvgIpc) is 2.10. The molecule has 0 radical (unpaired) electrons. The molecule has 0 fully saturated rings. The lowest BCUT2D eigenvalue weighted by molar-refractivity contribution is -0.120. The lowest BCUT2D eigenvalue weighted by Gasteiger charge is -2.12. The Morgan fingerprint density at radius 1 is 1.54 bits per heavy atom. The first kappa shape index (κ1) is 12.8. The molecule has 0 bridgehead atoms. The molecule has 0 aliphatic rings. The van der Waals surface area contributed by atoms with E-state index in [0.29, 0.717) is 0 Å². The van der Waals surface area contributed by atoms with Gasteiger partial charge < -0.3 is 11.1 Å². The molecule has 3 nitrogen and oxygen atoms in total. The number of carbonyl (C=O) groups is 1. The number of thioether (sulfide) groups is 1. The predicted octanol–water partition coefficient (Wildman–Crippen LogP) is 0.983. The molecule has 0 aromatic carbocycles. The topological polar surface area (TPSA) is 55.1 Å². The molecule has 13 heavy (non-hydrogen) atoms. The number of rotatable bonds is 8. The van der Waals surface area contributed by atoms with Crippen molar-refractivity contribution in [3.8, 4) is 0 Å². The highest BCUT2D eigenvalue weighted by molar-refractivity contribution is 7.98. The van der Waals surface area contributed by atoms with E-state index in [9.17, 15) is 4.79 Å². The Labute approximate surface area is 84.8 Å². The normalized spacial score (nSPS) is 12.8. The lowest BCUT2D eigenvalue weighted by Crippen LogP contribution is -2.41. The second-order valence-electron chi connectivity index (χ2n) is 3.02. The quantitative estimate of drug-likeness (QED) is 0.580. The van der Waals surface area contributed by atoms with Crippen molar-refractivity contribution in [3.63, 3.8) is 0 Å². The molecule has 0 aliphatic carbocycles. The summed E-state index contributed by atoms with van der Waals surface area (Å²) in [4.78, 5) is 10.8. The minimum Gasteiger partial charge on any atom is -0.368 e. The van der Waals surface area contributed by atoms with Crippen LogP contribution in [0.5, 0.6) is 0 Å². The third-order valence-electron chi connectivity index (χ3n) is 1.92. The van der Waals surface area contributed by atoms with Crippen molar-refractivity contribution < 1.29 is 4.79 Å². The summed E-state index contributed by atoms with van der Waals surface area (Å²) in [6.07, 6.45) is 5.19. The van der Waals surface area contributed by atoms with E-state index in [1.54, 1.807) is 0 Å². The SMILES string of the molecule is CCC(NCCCCSC)C(N)=O. The van der Waals surface area contributed by atoms with Gasteiger partial charge >= 0.3 is 0 Å². The zero-order chi connectivity index (χ0) is 10.1. The van der Waals surface area contributed by atoms with Crippen LogP contribution >= 0.6 is 11.8 Å². The molecule has 78 valence electrons. The summed E-state index contributed by atoms with van der Waals surface area (Å²) in [6.45, 7) is 2.85. The molecular weight excluding hydrogens is 184 g/mol. The second-order valence-corrected chi connectivity index (χ2v) is 4.00. The van der Waals surface area contributed by atoms with E-state index in [1.165, 1.54) is 12.2 Å². The summed E-state index contributed by atoms with van der Waals surface area (Å²) in [6, 6.07) is -0.144. The van der Waals surface area contributed by atoms with Crippen molar-refractivity contribution in [3.05, 3.63) is 0 Å². The van der Waals surface area contributed by atoms with Crippen molar-refractivity contribution >= 4 is 17.7 Å². The Morgan fingerprint density at radius 3 is 2.69 bits per heavy atom. The van der Waals surface area contributed by atoms with E-state index in [0.717, 1.165) is 19.4 Å². The van der Waals surface area contributed by atoms with Gasteiger partial charge in [-0.15, -0.1) is 0 Å². The van der Waals surface area contributed by atoms with E-state index in [-0.39, 0.29) is 11.9 Å². The van der Waals surface area contributed by atoms with Crippen LogP contribution in [-0.4, -0.2) is 30.5 Å². The summed E-state index contributed by atoms with van der Waals surface area (Å²) in [5.41, 5.74) is 5.18. The number of nitrogens with two attached hydrogens (primary N) is 1. The largest absolute Gasteiger partial charge is 0.368 e. The van der Waals surface area contributed by atoms with Crippen LogP contribution in [0.1, 0.15) is 26.2 Å². The fourth-order valence-corrected chi connectivity index (χ4v) is 1.59. The van der Waals surface area contributed by atoms with Gasteiger partial charge in [0.1, 0.15) is 0 Å². The molecule has 0 heterocycles. The number of amides is 1. The molecule has 0 saturated carbocycles. The van der Waals surface area contributed by atoms with Gasteiger partial charge in [-0.2, -0.15) is 11.8 Å². The Bertz CT molecular complexity index is 142. The van der Waals surface area contributed by atoms with E-state index >= 15 is 0 Å². The zero-order valence-corrected chi connectivity index (χ0v) is 9.32. The van der Waals surface area contributed by atoms with Crippen LogP contribution in [0, 0.1) is 0 Å². The van der Waals surface area contributed by atoms with Gasteiger partial charge in [-0.3, -0.25) is 4.79 Å². The van der Waals surface area contributed by atoms with Crippen LogP contribution < -0.4 is 11.1 Å². The Kier molecular flexibility index (Phi) is 8.24. The maximum atomic E-state index is 10.8. The van der Waals surface area contributed by atoms with Crippen LogP contribution in [0.4, 0.5) is 0 Å². The van der Waals surface area contributed by atoms with Gasteiger partial charge in [0, 0.05) is 0 Å². The summed E-state index contributed by atoms with van der Waals surface area (Å²) >= 11 is 1.85. The minimum atomic E-state index is -0.243. The smallest absolute Gasteiger partial charge is 0.234 e. The monoisotopic (exact) mass is 204 g/mol. The van der Waals surface area contributed by atoms with Gasteiger partial charge in [-0.25, -0.2) is 0 Å². The molecule has 0 spiro atoms. The number of unbranched alkanes of at least 4 members (excludes halogenated alkanes) is 1. The van der Waals surface area contributed by atoms with Crippen LogP contribution in [0.25, 0.3) is 0 Å². The van der Waals surface area contributed by atoms with Crippen molar-refractivity contribution in [2.24, 2.45) is 5.73 Å². The van der Waals surface area contributed by atoms with Gasteiger partial charge in [0.05, 0.1) is 6.04 Å². The predicted molar refractivity (Wildman–Crippen MR) is 58.9 cm³/mol. The number of hydrogen-bond acceptors (Lipinski definition) is 3. The first-order chi connectivity index (χ1) is 6.22. The van der Waals surface area contributed by atoms with E-state index < -0.39 is 0 Å². The fourth-order valence-electron chi connectivity index (χ4n) is 1.09. The molecule has 0 rings (SSSR count). The summed E-state index contributed by atoms with van der Waals surface area (Å²) in [7, 11) is 0. The highest BCUT2D eigenvalue weighted by Crippen LogP contribution is 1.98. The second kappa shape index (κ2) is 8.38. The summed E-state index contributed by atoms with van der Waals surface area (Å²) in [5.74, 6) is 0.946. The van der Waals surface area contributed by atoms with Crippen LogP contribution in [-0.2, 0) is 4.79 Å². The van der Waals surface area contributed by atoms with E-state index in [2.05, 4.69) is 11.6 Å². The van der Waals surface area contributed by atoms with Gasteiger partial charge in [0.25, 0.3) is 0 Å². The number of primary amides is 1. The molecular formula is C9H20N2OS. The molecule has 3 N–H and O–H groups in total. The lowest BCUT2D eigenvalue weighted by atomic mass is 10.2. The zero-order valence-electron chi connectivity index (χ0n) is 8.51. The average molecular weight is 204 g/mol. The molecule has 1 atom stereocenters. The van der Waals surface area contributed by atoms with Crippen molar-refractivity contribution in [1.29, 1.82) is 0 Å². The van der Waals surface area contributed by atoms with Crippen LogP contribution in [0.2, 0.25) is 0 Å².